The molecule has 3 N–H and O–H groups in total. The molecule has 2 amide bonds. The first kappa shape index (κ1) is 44.1. The summed E-state index contributed by atoms with van der Waals surface area (Å²) in [4.78, 5) is 33.2. The van der Waals surface area contributed by atoms with Crippen LogP contribution >= 0.6 is 11.9 Å². The van der Waals surface area contributed by atoms with Crippen molar-refractivity contribution in [3.63, 3.8) is 0 Å². The van der Waals surface area contributed by atoms with E-state index >= 15 is 0 Å². The molecular formula is C45H66N4O5S. The fourth-order valence-electron chi connectivity index (χ4n) is 7.34. The van der Waals surface area contributed by atoms with Crippen molar-refractivity contribution in [2.24, 2.45) is 33.6 Å². The normalized spacial score (nSPS) is 18.3. The predicted octanol–water partition coefficient (Wildman–Crippen LogP) is 10.1. The molecule has 10 heteroatoms. The highest BCUT2D eigenvalue weighted by atomic mass is 32.2. The highest BCUT2D eigenvalue weighted by molar-refractivity contribution is 7.97. The molecule has 0 saturated carbocycles. The van der Waals surface area contributed by atoms with Crippen LogP contribution in [0.4, 0.5) is 11.4 Å². The molecule has 2 aromatic carbocycles. The number of ether oxygens (including phenoxy) is 2. The number of anilines is 1. The second kappa shape index (κ2) is 19.0. The van der Waals surface area contributed by atoms with Gasteiger partial charge < -0.3 is 25.2 Å². The van der Waals surface area contributed by atoms with Crippen LogP contribution in [0.2, 0.25) is 0 Å². The van der Waals surface area contributed by atoms with Gasteiger partial charge in [0.05, 0.1) is 22.9 Å². The van der Waals surface area contributed by atoms with E-state index in [0.717, 1.165) is 17.7 Å². The van der Waals surface area contributed by atoms with Crippen LogP contribution < -0.4 is 15.4 Å². The summed E-state index contributed by atoms with van der Waals surface area (Å²) in [5.74, 6) is 1.80. The van der Waals surface area contributed by atoms with E-state index in [4.69, 9.17) is 14.5 Å². The summed E-state index contributed by atoms with van der Waals surface area (Å²) in [5.41, 5.74) is -0.0610. The number of amidine groups is 1. The van der Waals surface area contributed by atoms with Gasteiger partial charge in [0.15, 0.2) is 11.8 Å². The van der Waals surface area contributed by atoms with Gasteiger partial charge in [-0.2, -0.15) is 0 Å². The fraction of sp³-hybridized carbons (Fsp3) is 0.578. The molecule has 2 aromatic rings. The molecule has 4 rings (SSSR count). The third-order valence-corrected chi connectivity index (χ3v) is 11.1. The minimum atomic E-state index is -1.72. The summed E-state index contributed by atoms with van der Waals surface area (Å²) < 4.78 is 15.2. The van der Waals surface area contributed by atoms with Crippen molar-refractivity contribution in [3.05, 3.63) is 72.5 Å². The molecule has 5 atom stereocenters. The van der Waals surface area contributed by atoms with Gasteiger partial charge in [0.25, 0.3) is 11.8 Å². The number of rotatable bonds is 17. The van der Waals surface area contributed by atoms with Crippen LogP contribution in [0.1, 0.15) is 108 Å². The van der Waals surface area contributed by atoms with Gasteiger partial charge >= 0.3 is 0 Å². The summed E-state index contributed by atoms with van der Waals surface area (Å²) in [5, 5.41) is 16.3. The van der Waals surface area contributed by atoms with Gasteiger partial charge in [-0.15, -0.1) is 0 Å². The first-order chi connectivity index (χ1) is 25.7. The molecular weight excluding hydrogens is 709 g/mol. The maximum Gasteiger partial charge on any atom is 0.254 e. The summed E-state index contributed by atoms with van der Waals surface area (Å²) in [6, 6.07) is 13.7. The zero-order valence-electron chi connectivity index (χ0n) is 35.1. The lowest BCUT2D eigenvalue weighted by atomic mass is 9.76. The molecule has 0 fully saturated rings. The molecule has 2 aliphatic rings. The number of likely N-dealkylation sites (N-methyl/N-ethyl adjacent to an activating group) is 1. The lowest BCUT2D eigenvalue weighted by Crippen LogP contribution is -2.57. The van der Waals surface area contributed by atoms with E-state index in [0.29, 0.717) is 71.5 Å². The molecule has 1 heterocycles. The molecule has 0 aromatic heterocycles. The number of para-hydroxylation sites is 3. The smallest absolute Gasteiger partial charge is 0.254 e. The van der Waals surface area contributed by atoms with Crippen molar-refractivity contribution < 1.29 is 24.2 Å². The molecule has 1 aliphatic carbocycles. The fourth-order valence-corrected chi connectivity index (χ4v) is 8.29. The molecule has 1 aliphatic heterocycles. The Morgan fingerprint density at radius 3 is 2.31 bits per heavy atom. The minimum Gasteiger partial charge on any atom is -0.457 e. The number of hydrogen-bond acceptors (Lipinski definition) is 8. The maximum atomic E-state index is 14.3. The summed E-state index contributed by atoms with van der Waals surface area (Å²) in [6.07, 6.45) is 11.0. The molecule has 0 spiro atoms. The van der Waals surface area contributed by atoms with Crippen molar-refractivity contribution in [1.82, 2.24) is 9.62 Å². The van der Waals surface area contributed by atoms with Crippen LogP contribution in [0.15, 0.2) is 82.4 Å². The number of nitrogens with zero attached hydrogens (tertiary/aromatic N) is 2. The summed E-state index contributed by atoms with van der Waals surface area (Å²) >= 11 is 1.45. The Hall–Kier alpha value is -3.60. The van der Waals surface area contributed by atoms with E-state index in [-0.39, 0.29) is 11.5 Å². The van der Waals surface area contributed by atoms with Crippen LogP contribution in [0.3, 0.4) is 0 Å². The van der Waals surface area contributed by atoms with Crippen LogP contribution in [0.5, 0.6) is 5.75 Å². The van der Waals surface area contributed by atoms with Gasteiger partial charge in [-0.3, -0.25) is 13.9 Å². The highest BCUT2D eigenvalue weighted by Crippen LogP contribution is 2.38. The third kappa shape index (κ3) is 13.5. The number of carbonyl (C=O) groups is 2. The largest absolute Gasteiger partial charge is 0.457 e. The number of allylic oxidation sites excluding steroid dienone is 2. The number of aliphatic hydroxyl groups is 1. The molecule has 302 valence electrons. The van der Waals surface area contributed by atoms with E-state index in [2.05, 4.69) is 72.1 Å². The number of carbonyl (C=O) groups excluding carboxylic acids is 2. The average Bonchev–Trinajstić information content (AvgIpc) is 3.09. The summed E-state index contributed by atoms with van der Waals surface area (Å²) in [7, 11) is 0. The summed E-state index contributed by atoms with van der Waals surface area (Å²) in [6.45, 7) is 24.5. The van der Waals surface area contributed by atoms with Gasteiger partial charge in [0, 0.05) is 6.54 Å². The average molecular weight is 775 g/mol. The Morgan fingerprint density at radius 1 is 0.964 bits per heavy atom. The quantitative estimate of drug-likeness (QED) is 0.137. The molecule has 9 nitrogen and oxygen atoms in total. The molecule has 55 heavy (non-hydrogen) atoms. The number of nitrogens with one attached hydrogen (secondary N) is 2. The van der Waals surface area contributed by atoms with Crippen molar-refractivity contribution >= 4 is 41.0 Å². The van der Waals surface area contributed by atoms with Gasteiger partial charge in [0.1, 0.15) is 23.3 Å². The first-order valence-electron chi connectivity index (χ1n) is 20.0. The topological polar surface area (TPSA) is 112 Å². The van der Waals surface area contributed by atoms with Crippen LogP contribution in [0, 0.1) is 28.6 Å². The van der Waals surface area contributed by atoms with Gasteiger partial charge in [-0.1, -0.05) is 98.2 Å². The molecule has 0 bridgehead atoms. The second-order valence-corrected chi connectivity index (χ2v) is 19.3. The van der Waals surface area contributed by atoms with E-state index in [1.807, 2.05) is 65.8 Å². The lowest BCUT2D eigenvalue weighted by Gasteiger charge is -2.33. The van der Waals surface area contributed by atoms with E-state index in [1.165, 1.54) is 38.6 Å². The van der Waals surface area contributed by atoms with Crippen molar-refractivity contribution in [3.8, 4) is 5.75 Å². The molecule has 5 unspecified atom stereocenters. The second-order valence-electron chi connectivity index (χ2n) is 18.3. The minimum absolute atomic E-state index is 0.225. The zero-order valence-corrected chi connectivity index (χ0v) is 35.9. The highest BCUT2D eigenvalue weighted by Gasteiger charge is 2.37. The van der Waals surface area contributed by atoms with Crippen LogP contribution in [0.25, 0.3) is 0 Å². The number of hydrogen-bond donors (Lipinski definition) is 3. The zero-order chi connectivity index (χ0) is 40.6. The van der Waals surface area contributed by atoms with Gasteiger partial charge in [-0.25, -0.2) is 4.99 Å². The predicted molar refractivity (Wildman–Crippen MR) is 226 cm³/mol. The maximum absolute atomic E-state index is 14.3. The number of fused-ring (bicyclic) bond motifs is 1. The van der Waals surface area contributed by atoms with E-state index in [9.17, 15) is 14.7 Å². The Morgan fingerprint density at radius 2 is 1.64 bits per heavy atom. The number of aliphatic imine (C=N–C) groups is 1. The molecule has 0 saturated heterocycles. The Labute approximate surface area is 334 Å². The van der Waals surface area contributed by atoms with E-state index < -0.39 is 23.5 Å². The Kier molecular flexibility index (Phi) is 15.3. The van der Waals surface area contributed by atoms with Crippen LogP contribution in [-0.2, 0) is 14.3 Å². The lowest BCUT2D eigenvalue weighted by molar-refractivity contribution is -0.138. The first-order valence-corrected chi connectivity index (χ1v) is 20.7. The van der Waals surface area contributed by atoms with Crippen molar-refractivity contribution in [2.45, 2.75) is 131 Å². The van der Waals surface area contributed by atoms with Crippen molar-refractivity contribution in [1.29, 1.82) is 0 Å². The van der Waals surface area contributed by atoms with Crippen molar-refractivity contribution in [2.75, 3.05) is 18.5 Å². The van der Waals surface area contributed by atoms with Crippen LogP contribution in [-0.4, -0.2) is 58.0 Å². The SMILES string of the molecule is CCN1Sc2ccccc2N=C1C(NC(=O)C(C)(C)O)C(=O)Nc1ccccc1OC1=CC=CCC1OCC(CCC(C)CC(C)(C)C)C(C)CC(C)(C)C. The van der Waals surface area contributed by atoms with Gasteiger partial charge in [0.2, 0.25) is 0 Å². The standard InChI is InChI=1S/C45H66N4O5S/c1-12-49-40(46-34-20-14-18-24-38(34)55-49)39(48-42(51)45(10,11)52)41(50)47-33-19-13-15-21-35(33)54-37-23-17-16-22-36(37)53-29-32(31(3)28-44(7,8)9)26-25-30(2)27-43(4,5)6/h13-21,23-24,30-32,36,39,52H,12,22,25-29H2,1-11H3,(H,47,50)(H,48,51). The monoisotopic (exact) mass is 774 g/mol. The van der Waals surface area contributed by atoms with Gasteiger partial charge in [-0.05, 0) is 117 Å². The number of benzene rings is 2. The number of amides is 2. The van der Waals surface area contributed by atoms with E-state index in [1.54, 1.807) is 6.07 Å². The Balaban J connectivity index is 1.54. The molecule has 0 radical (unpaired) electrons. The third-order valence-electron chi connectivity index (χ3n) is 9.88. The Bertz CT molecular complexity index is 1700.